The highest BCUT2D eigenvalue weighted by Gasteiger charge is 2.34. The molecule has 1 atom stereocenters. The minimum Gasteiger partial charge on any atom is -0.394 e. The smallest absolute Gasteiger partial charge is 0.394 e. The maximum atomic E-state index is 13.8. The van der Waals surface area contributed by atoms with Crippen LogP contribution in [0.15, 0.2) is 47.4 Å². The number of pyridine rings is 1. The maximum absolute atomic E-state index is 13.8. The third-order valence-corrected chi connectivity index (χ3v) is 5.03. The summed E-state index contributed by atoms with van der Waals surface area (Å²) in [6.45, 7) is 3.20. The molecule has 0 spiro atoms. The molecule has 0 fully saturated rings. The van der Waals surface area contributed by atoms with Gasteiger partial charge >= 0.3 is 6.18 Å². The predicted octanol–water partition coefficient (Wildman–Crippen LogP) is 4.20. The number of carbonyl (C=O) groups excluding carboxylic acids is 1. The van der Waals surface area contributed by atoms with Crippen LogP contribution >= 0.6 is 0 Å². The molecule has 1 aromatic heterocycles. The predicted molar refractivity (Wildman–Crippen MR) is 108 cm³/mol. The number of nitrogens with one attached hydrogen (secondary N) is 1. The molecule has 2 N–H and O–H groups in total. The second-order valence-electron chi connectivity index (χ2n) is 7.32. The summed E-state index contributed by atoms with van der Waals surface area (Å²) >= 11 is 0. The first kappa shape index (κ1) is 22.5. The zero-order valence-electron chi connectivity index (χ0n) is 16.8. The molecule has 9 heteroatoms. The van der Waals surface area contributed by atoms with Crippen LogP contribution in [0.4, 0.5) is 23.2 Å². The van der Waals surface area contributed by atoms with E-state index in [0.717, 1.165) is 6.07 Å². The molecule has 1 heterocycles. The highest BCUT2D eigenvalue weighted by molar-refractivity contribution is 6.03. The van der Waals surface area contributed by atoms with E-state index in [-0.39, 0.29) is 24.2 Å². The van der Waals surface area contributed by atoms with Crippen molar-refractivity contribution in [2.24, 2.45) is 0 Å². The van der Waals surface area contributed by atoms with Gasteiger partial charge in [-0.15, -0.1) is 0 Å². The molecule has 2 aromatic carbocycles. The minimum atomic E-state index is -4.81. The zero-order valence-corrected chi connectivity index (χ0v) is 16.8. The average molecular weight is 436 g/mol. The SMILES string of the molecule is Cc1ccc2c(=O)n([C@H](C)CO)ccc2c1NC(=O)Cc1ccc(C(F)(F)F)c(F)c1. The Balaban J connectivity index is 1.90. The summed E-state index contributed by atoms with van der Waals surface area (Å²) in [5.41, 5.74) is -0.586. The fourth-order valence-corrected chi connectivity index (χ4v) is 3.32. The van der Waals surface area contributed by atoms with Crippen molar-refractivity contribution in [1.29, 1.82) is 0 Å². The third-order valence-electron chi connectivity index (χ3n) is 5.03. The van der Waals surface area contributed by atoms with E-state index in [1.165, 1.54) is 10.8 Å². The largest absolute Gasteiger partial charge is 0.419 e. The van der Waals surface area contributed by atoms with Crippen LogP contribution in [0.25, 0.3) is 10.8 Å². The number of rotatable bonds is 5. The molecule has 1 amide bonds. The number of nitrogens with zero attached hydrogens (tertiary/aromatic N) is 1. The van der Waals surface area contributed by atoms with E-state index in [1.807, 2.05) is 0 Å². The molecule has 31 heavy (non-hydrogen) atoms. The Morgan fingerprint density at radius 3 is 2.48 bits per heavy atom. The Bertz CT molecular complexity index is 1200. The van der Waals surface area contributed by atoms with E-state index >= 15 is 0 Å². The Morgan fingerprint density at radius 1 is 1.16 bits per heavy atom. The summed E-state index contributed by atoms with van der Waals surface area (Å²) in [5.74, 6) is -2.01. The number of alkyl halides is 3. The highest BCUT2D eigenvalue weighted by Crippen LogP contribution is 2.32. The Morgan fingerprint density at radius 2 is 1.87 bits per heavy atom. The van der Waals surface area contributed by atoms with Gasteiger partial charge in [0.15, 0.2) is 0 Å². The van der Waals surface area contributed by atoms with Crippen LogP contribution < -0.4 is 10.9 Å². The van der Waals surface area contributed by atoms with Crippen LogP contribution in [0.1, 0.15) is 29.7 Å². The summed E-state index contributed by atoms with van der Waals surface area (Å²) in [7, 11) is 0. The van der Waals surface area contributed by atoms with E-state index in [0.29, 0.717) is 34.2 Å². The molecule has 0 saturated heterocycles. The fraction of sp³-hybridized carbons (Fsp3) is 0.273. The summed E-state index contributed by atoms with van der Waals surface area (Å²) in [6, 6.07) is 6.84. The molecular formula is C22H20F4N2O3. The lowest BCUT2D eigenvalue weighted by Crippen LogP contribution is -2.25. The van der Waals surface area contributed by atoms with Gasteiger partial charge in [0.05, 0.1) is 30.3 Å². The third kappa shape index (κ3) is 4.61. The lowest BCUT2D eigenvalue weighted by atomic mass is 10.0. The topological polar surface area (TPSA) is 71.3 Å². The van der Waals surface area contributed by atoms with E-state index in [9.17, 15) is 32.3 Å². The molecule has 3 rings (SSSR count). The van der Waals surface area contributed by atoms with Crippen molar-refractivity contribution in [3.8, 4) is 0 Å². The Hall–Kier alpha value is -3.20. The van der Waals surface area contributed by atoms with Gasteiger partial charge in [-0.1, -0.05) is 12.1 Å². The number of anilines is 1. The van der Waals surface area contributed by atoms with Crippen molar-refractivity contribution < 1.29 is 27.5 Å². The highest BCUT2D eigenvalue weighted by atomic mass is 19.4. The van der Waals surface area contributed by atoms with E-state index in [1.54, 1.807) is 32.0 Å². The molecule has 0 aliphatic heterocycles. The first-order valence-electron chi connectivity index (χ1n) is 9.43. The van der Waals surface area contributed by atoms with Gasteiger partial charge in [0.2, 0.25) is 5.91 Å². The number of aromatic nitrogens is 1. The van der Waals surface area contributed by atoms with Gasteiger partial charge in [0, 0.05) is 17.0 Å². The molecule has 5 nitrogen and oxygen atoms in total. The van der Waals surface area contributed by atoms with Gasteiger partial charge in [-0.25, -0.2) is 4.39 Å². The van der Waals surface area contributed by atoms with Gasteiger partial charge in [0.25, 0.3) is 5.56 Å². The molecule has 0 radical (unpaired) electrons. The van der Waals surface area contributed by atoms with Crippen molar-refractivity contribution in [3.05, 3.63) is 75.5 Å². The number of aliphatic hydroxyl groups is 1. The molecule has 3 aromatic rings. The maximum Gasteiger partial charge on any atom is 0.419 e. The van der Waals surface area contributed by atoms with Gasteiger partial charge in [-0.2, -0.15) is 13.2 Å². The zero-order chi connectivity index (χ0) is 22.9. The van der Waals surface area contributed by atoms with E-state index < -0.39 is 29.5 Å². The number of amides is 1. The second kappa shape index (κ2) is 8.50. The number of aryl methyl sites for hydroxylation is 1. The first-order valence-corrected chi connectivity index (χ1v) is 9.43. The summed E-state index contributed by atoms with van der Waals surface area (Å²) in [5, 5.41) is 12.8. The number of halogens is 4. The van der Waals surface area contributed by atoms with E-state index in [4.69, 9.17) is 0 Å². The molecule has 0 saturated carbocycles. The molecule has 0 unspecified atom stereocenters. The van der Waals surface area contributed by atoms with E-state index in [2.05, 4.69) is 5.32 Å². The second-order valence-corrected chi connectivity index (χ2v) is 7.32. The van der Waals surface area contributed by atoms with Crippen LogP contribution in [0.2, 0.25) is 0 Å². The summed E-state index contributed by atoms with van der Waals surface area (Å²) in [6.07, 6.45) is -3.64. The summed E-state index contributed by atoms with van der Waals surface area (Å²) < 4.78 is 53.2. The monoisotopic (exact) mass is 436 g/mol. The van der Waals surface area contributed by atoms with Crippen molar-refractivity contribution in [2.75, 3.05) is 11.9 Å². The standard InChI is InChI=1S/C22H20F4N2O3/c1-12-3-5-16-15(7-8-28(21(16)31)13(2)11-29)20(12)27-19(30)10-14-4-6-17(18(23)9-14)22(24,25)26/h3-9,13,29H,10-11H2,1-2H3,(H,27,30)/t13-/m1/s1. The molecular weight excluding hydrogens is 416 g/mol. The van der Waals surface area contributed by atoms with Crippen molar-refractivity contribution in [1.82, 2.24) is 4.57 Å². The number of benzene rings is 2. The van der Waals surface area contributed by atoms with Gasteiger partial charge in [0.1, 0.15) is 5.82 Å². The average Bonchev–Trinajstić information content (AvgIpc) is 2.69. The quantitative estimate of drug-likeness (QED) is 0.589. The van der Waals surface area contributed by atoms with Crippen LogP contribution in [0.5, 0.6) is 0 Å². The molecule has 164 valence electrons. The van der Waals surface area contributed by atoms with Crippen LogP contribution in [-0.2, 0) is 17.4 Å². The number of hydrogen-bond donors (Lipinski definition) is 2. The lowest BCUT2D eigenvalue weighted by molar-refractivity contribution is -0.140. The van der Waals surface area contributed by atoms with Gasteiger partial charge in [-0.3, -0.25) is 9.59 Å². The van der Waals surface area contributed by atoms with Crippen LogP contribution in [0.3, 0.4) is 0 Å². The lowest BCUT2D eigenvalue weighted by Gasteiger charge is -2.16. The van der Waals surface area contributed by atoms with Crippen molar-refractivity contribution in [2.45, 2.75) is 32.5 Å². The van der Waals surface area contributed by atoms with Crippen LogP contribution in [0, 0.1) is 12.7 Å². The fourth-order valence-electron chi connectivity index (χ4n) is 3.32. The number of carbonyl (C=O) groups is 1. The molecule has 0 aliphatic rings. The summed E-state index contributed by atoms with van der Waals surface area (Å²) in [4.78, 5) is 25.2. The number of hydrogen-bond acceptors (Lipinski definition) is 3. The minimum absolute atomic E-state index is 0.0833. The van der Waals surface area contributed by atoms with Crippen molar-refractivity contribution in [3.63, 3.8) is 0 Å². The van der Waals surface area contributed by atoms with Crippen LogP contribution in [-0.4, -0.2) is 22.2 Å². The Kier molecular flexibility index (Phi) is 6.17. The normalized spacial score (nSPS) is 12.7. The number of fused-ring (bicyclic) bond motifs is 1. The first-order chi connectivity index (χ1) is 14.5. The van der Waals surface area contributed by atoms with Gasteiger partial charge in [-0.05, 0) is 49.2 Å². The number of aliphatic hydroxyl groups excluding tert-OH is 1. The Labute approximate surface area is 174 Å². The van der Waals surface area contributed by atoms with Gasteiger partial charge < -0.3 is 15.0 Å². The van der Waals surface area contributed by atoms with Crippen molar-refractivity contribution >= 4 is 22.4 Å². The molecule has 0 aliphatic carbocycles. The molecule has 0 bridgehead atoms.